The van der Waals surface area contributed by atoms with Gasteiger partial charge in [-0.05, 0) is 25.7 Å². The highest BCUT2D eigenvalue weighted by Gasteiger charge is 2.50. The van der Waals surface area contributed by atoms with Crippen molar-refractivity contribution in [2.24, 2.45) is 11.8 Å². The van der Waals surface area contributed by atoms with E-state index in [9.17, 15) is 40.2 Å². The summed E-state index contributed by atoms with van der Waals surface area (Å²) in [5.74, 6) is -1.36. The second-order valence-electron chi connectivity index (χ2n) is 11.1. The minimum Gasteiger partial charge on any atom is -0.463 e. The summed E-state index contributed by atoms with van der Waals surface area (Å²) in [6.45, 7) is -0.815. The number of hydrogen-bond acceptors (Lipinski definition) is 13. The van der Waals surface area contributed by atoms with Gasteiger partial charge in [0.25, 0.3) is 0 Å². The third-order valence-electron chi connectivity index (χ3n) is 8.26. The number of rotatable bonds is 8. The van der Waals surface area contributed by atoms with Crippen LogP contribution in [-0.4, -0.2) is 117 Å². The van der Waals surface area contributed by atoms with Gasteiger partial charge in [-0.25, -0.2) is 0 Å². The molecule has 2 saturated heterocycles. The van der Waals surface area contributed by atoms with Crippen molar-refractivity contribution in [3.8, 4) is 0 Å². The van der Waals surface area contributed by atoms with Gasteiger partial charge in [0.1, 0.15) is 62.0 Å². The van der Waals surface area contributed by atoms with Gasteiger partial charge in [0.05, 0.1) is 11.8 Å². The summed E-state index contributed by atoms with van der Waals surface area (Å²) >= 11 is 0. The Morgan fingerprint density at radius 1 is 0.538 bits per heavy atom. The Morgan fingerprint density at radius 3 is 1.26 bits per heavy atom. The lowest BCUT2D eigenvalue weighted by molar-refractivity contribution is -0.376. The molecule has 0 bridgehead atoms. The number of carbonyl (C=O) groups excluding carboxylic acids is 2. The SMILES string of the molecule is O=C(OC[C@H]1O[C@H](O[C@H]2O[C@H](COC(=O)C3CCCCC3)[C@@H](O)[C@H](O)[C@H]2O)[C@H](O)[C@@H](O)[C@@H]1O)C1CCCCC1. The third-order valence-corrected chi connectivity index (χ3v) is 8.26. The van der Waals surface area contributed by atoms with E-state index < -0.39 is 86.6 Å². The summed E-state index contributed by atoms with van der Waals surface area (Å²) in [7, 11) is 0. The summed E-state index contributed by atoms with van der Waals surface area (Å²) in [5.41, 5.74) is 0. The second kappa shape index (κ2) is 14.0. The average molecular weight is 563 g/mol. The zero-order valence-electron chi connectivity index (χ0n) is 22.0. The molecule has 4 aliphatic rings. The predicted octanol–water partition coefficient (Wildman–Crippen LogP) is -1.13. The first-order chi connectivity index (χ1) is 18.7. The molecule has 0 aromatic carbocycles. The minimum atomic E-state index is -1.78. The van der Waals surface area contributed by atoms with Crippen LogP contribution in [0, 0.1) is 11.8 Å². The van der Waals surface area contributed by atoms with Gasteiger partial charge in [0.2, 0.25) is 0 Å². The van der Waals surface area contributed by atoms with E-state index in [0.29, 0.717) is 25.7 Å². The lowest BCUT2D eigenvalue weighted by Gasteiger charge is -2.44. The van der Waals surface area contributed by atoms with Crippen molar-refractivity contribution in [1.29, 1.82) is 0 Å². The molecule has 2 aliphatic heterocycles. The minimum absolute atomic E-state index is 0.245. The predicted molar refractivity (Wildman–Crippen MR) is 130 cm³/mol. The van der Waals surface area contributed by atoms with E-state index in [0.717, 1.165) is 38.5 Å². The Morgan fingerprint density at radius 2 is 0.897 bits per heavy atom. The normalized spacial score (nSPS) is 40.7. The maximum absolute atomic E-state index is 12.4. The number of aliphatic hydroxyl groups excluding tert-OH is 6. The molecule has 2 heterocycles. The molecular weight excluding hydrogens is 520 g/mol. The van der Waals surface area contributed by atoms with Crippen LogP contribution < -0.4 is 0 Å². The molecule has 4 fully saturated rings. The smallest absolute Gasteiger partial charge is 0.309 e. The highest BCUT2D eigenvalue weighted by molar-refractivity contribution is 5.72. The van der Waals surface area contributed by atoms with E-state index >= 15 is 0 Å². The van der Waals surface area contributed by atoms with Crippen molar-refractivity contribution in [2.45, 2.75) is 126 Å². The van der Waals surface area contributed by atoms with Gasteiger partial charge in [0, 0.05) is 0 Å². The summed E-state index contributed by atoms with van der Waals surface area (Å²) < 4.78 is 27.3. The molecule has 13 nitrogen and oxygen atoms in total. The average Bonchev–Trinajstić information content (AvgIpc) is 2.96. The number of hydrogen-bond donors (Lipinski definition) is 6. The third kappa shape index (κ3) is 7.46. The Bertz CT molecular complexity index is 735. The zero-order valence-corrected chi connectivity index (χ0v) is 22.0. The van der Waals surface area contributed by atoms with Crippen LogP contribution in [0.1, 0.15) is 64.2 Å². The Hall–Kier alpha value is -1.42. The van der Waals surface area contributed by atoms with E-state index in [-0.39, 0.29) is 11.8 Å². The fourth-order valence-corrected chi connectivity index (χ4v) is 5.71. The molecule has 0 spiro atoms. The van der Waals surface area contributed by atoms with Crippen molar-refractivity contribution < 1.29 is 63.9 Å². The molecule has 224 valence electrons. The van der Waals surface area contributed by atoms with Gasteiger partial charge in [0.15, 0.2) is 12.6 Å². The molecule has 0 aromatic rings. The first-order valence-electron chi connectivity index (χ1n) is 14.1. The van der Waals surface area contributed by atoms with Gasteiger partial charge in [-0.1, -0.05) is 38.5 Å². The van der Waals surface area contributed by atoms with E-state index in [1.54, 1.807) is 0 Å². The fraction of sp³-hybridized carbons (Fsp3) is 0.923. The molecule has 0 unspecified atom stereocenters. The van der Waals surface area contributed by atoms with Gasteiger partial charge in [-0.2, -0.15) is 0 Å². The van der Waals surface area contributed by atoms with Crippen LogP contribution in [0.5, 0.6) is 0 Å². The van der Waals surface area contributed by atoms with Gasteiger partial charge in [-0.15, -0.1) is 0 Å². The monoisotopic (exact) mass is 562 g/mol. The molecule has 6 N–H and O–H groups in total. The van der Waals surface area contributed by atoms with E-state index in [1.807, 2.05) is 0 Å². The molecule has 4 rings (SSSR count). The first-order valence-corrected chi connectivity index (χ1v) is 14.1. The molecule has 0 amide bonds. The summed E-state index contributed by atoms with van der Waals surface area (Å²) in [4.78, 5) is 24.8. The molecule has 10 atom stereocenters. The van der Waals surface area contributed by atoms with Crippen molar-refractivity contribution in [3.05, 3.63) is 0 Å². The highest BCUT2D eigenvalue weighted by Crippen LogP contribution is 2.30. The molecule has 39 heavy (non-hydrogen) atoms. The molecule has 2 aliphatic carbocycles. The number of carbonyl (C=O) groups is 2. The van der Waals surface area contributed by atoms with Crippen LogP contribution in [0.4, 0.5) is 0 Å². The van der Waals surface area contributed by atoms with Gasteiger partial charge in [-0.3, -0.25) is 9.59 Å². The molecule has 0 aromatic heterocycles. The van der Waals surface area contributed by atoms with Crippen LogP contribution in [0.25, 0.3) is 0 Å². The maximum Gasteiger partial charge on any atom is 0.309 e. The van der Waals surface area contributed by atoms with Crippen LogP contribution in [0.2, 0.25) is 0 Å². The Kier molecular flexibility index (Phi) is 10.9. The topological polar surface area (TPSA) is 202 Å². The first kappa shape index (κ1) is 30.5. The van der Waals surface area contributed by atoms with Crippen LogP contribution in [0.15, 0.2) is 0 Å². The summed E-state index contributed by atoms with van der Waals surface area (Å²) in [5, 5.41) is 62.3. The number of ether oxygens (including phenoxy) is 5. The standard InChI is InChI=1S/C26H42O13/c27-17-15(11-35-23(33)13-7-3-1-4-8-13)37-25(21(31)19(17)29)39-26-22(32)20(30)18(28)16(38-26)12-36-24(34)14-9-5-2-6-10-14/h13-22,25-32H,1-12H2/t15-,16-,17-,18-,19+,20+,21-,22-,25-,26-/m1/s1. The van der Waals surface area contributed by atoms with Gasteiger partial charge >= 0.3 is 11.9 Å². The number of aliphatic hydroxyl groups is 6. The van der Waals surface area contributed by atoms with Crippen molar-refractivity contribution in [2.75, 3.05) is 13.2 Å². The van der Waals surface area contributed by atoms with Crippen LogP contribution in [-0.2, 0) is 33.3 Å². The van der Waals surface area contributed by atoms with Crippen LogP contribution in [0.3, 0.4) is 0 Å². The van der Waals surface area contributed by atoms with E-state index in [1.165, 1.54) is 0 Å². The van der Waals surface area contributed by atoms with Crippen molar-refractivity contribution in [3.63, 3.8) is 0 Å². The summed E-state index contributed by atoms with van der Waals surface area (Å²) in [6, 6.07) is 0. The maximum atomic E-state index is 12.4. The van der Waals surface area contributed by atoms with Crippen molar-refractivity contribution in [1.82, 2.24) is 0 Å². The highest BCUT2D eigenvalue weighted by atomic mass is 16.8. The van der Waals surface area contributed by atoms with E-state index in [4.69, 9.17) is 23.7 Å². The van der Waals surface area contributed by atoms with Crippen LogP contribution >= 0.6 is 0 Å². The Labute approximate surface area is 226 Å². The lowest BCUT2D eigenvalue weighted by Crippen LogP contribution is -2.64. The lowest BCUT2D eigenvalue weighted by atomic mass is 9.89. The van der Waals surface area contributed by atoms with Gasteiger partial charge < -0.3 is 54.3 Å². The zero-order chi connectivity index (χ0) is 28.1. The van der Waals surface area contributed by atoms with Crippen molar-refractivity contribution >= 4 is 11.9 Å². The Balaban J connectivity index is 1.33. The second-order valence-corrected chi connectivity index (χ2v) is 11.1. The summed E-state index contributed by atoms with van der Waals surface area (Å²) in [6.07, 6.45) is -7.44. The number of esters is 2. The largest absolute Gasteiger partial charge is 0.463 e. The fourth-order valence-electron chi connectivity index (χ4n) is 5.71. The molecular formula is C26H42O13. The molecule has 2 saturated carbocycles. The molecule has 13 heteroatoms. The van der Waals surface area contributed by atoms with E-state index in [2.05, 4.69) is 0 Å². The quantitative estimate of drug-likeness (QED) is 0.194. The molecule has 0 radical (unpaired) electrons.